The van der Waals surface area contributed by atoms with Gasteiger partial charge in [0.25, 0.3) is 11.5 Å². The van der Waals surface area contributed by atoms with Gasteiger partial charge in [0.1, 0.15) is 11.6 Å². The first-order valence-corrected chi connectivity index (χ1v) is 8.39. The van der Waals surface area contributed by atoms with Crippen LogP contribution in [0, 0.1) is 25.5 Å². The summed E-state index contributed by atoms with van der Waals surface area (Å²) in [7, 11) is 0. The van der Waals surface area contributed by atoms with Crippen molar-refractivity contribution in [1.29, 1.82) is 0 Å². The molecule has 2 aromatic carbocycles. The van der Waals surface area contributed by atoms with Gasteiger partial charge in [0, 0.05) is 18.2 Å². The lowest BCUT2D eigenvalue weighted by Crippen LogP contribution is -2.24. The maximum absolute atomic E-state index is 13.6. The fraction of sp³-hybridized carbons (Fsp3) is 0.150. The topological polar surface area (TPSA) is 73.2 Å². The van der Waals surface area contributed by atoms with E-state index in [1.165, 1.54) is 12.1 Å². The lowest BCUT2D eigenvalue weighted by Gasteiger charge is -2.10. The third-order valence-electron chi connectivity index (χ3n) is 4.06. The largest absolute Gasteiger partial charge is 0.467 e. The van der Waals surface area contributed by atoms with Gasteiger partial charge in [0.15, 0.2) is 6.61 Å². The minimum absolute atomic E-state index is 0.0349. The fourth-order valence-corrected chi connectivity index (χ4v) is 2.43. The summed E-state index contributed by atoms with van der Waals surface area (Å²) in [5.41, 5.74) is 1.98. The summed E-state index contributed by atoms with van der Waals surface area (Å²) >= 11 is 0. The Kier molecular flexibility index (Phi) is 5.49. The summed E-state index contributed by atoms with van der Waals surface area (Å²) in [5.74, 6) is -2.11. The molecule has 3 rings (SSSR count). The van der Waals surface area contributed by atoms with Gasteiger partial charge in [-0.05, 0) is 49.2 Å². The predicted octanol–water partition coefficient (Wildman–Crippen LogP) is 3.15. The average Bonchev–Trinajstić information content (AvgIpc) is 2.66. The van der Waals surface area contributed by atoms with Crippen molar-refractivity contribution in [2.75, 3.05) is 11.9 Å². The normalized spacial score (nSPS) is 10.6. The maximum Gasteiger partial charge on any atom is 0.271 e. The molecule has 0 radical (unpaired) electrons. The molecule has 0 saturated heterocycles. The van der Waals surface area contributed by atoms with E-state index in [1.807, 2.05) is 26.0 Å². The van der Waals surface area contributed by atoms with Crippen molar-refractivity contribution in [3.05, 3.63) is 81.6 Å². The minimum Gasteiger partial charge on any atom is -0.467 e. The standard InChI is InChI=1S/C20H17F2N3O3/c1-12-3-5-15(9-13(12)2)25-20(27)8-7-19(24-25)28-11-18(26)23-17-10-14(21)4-6-16(17)22/h3-10H,11H2,1-2H3,(H,23,26). The molecule has 1 heterocycles. The zero-order chi connectivity index (χ0) is 20.3. The Bertz CT molecular complexity index is 1100. The average molecular weight is 385 g/mol. The first kappa shape index (κ1) is 19.2. The molecule has 144 valence electrons. The number of benzene rings is 2. The highest BCUT2D eigenvalue weighted by atomic mass is 19.1. The summed E-state index contributed by atoms with van der Waals surface area (Å²) < 4.78 is 33.2. The summed E-state index contributed by atoms with van der Waals surface area (Å²) in [5, 5.41) is 6.31. The number of amides is 1. The quantitative estimate of drug-likeness (QED) is 0.732. The van der Waals surface area contributed by atoms with Gasteiger partial charge in [-0.2, -0.15) is 4.68 Å². The van der Waals surface area contributed by atoms with E-state index in [4.69, 9.17) is 4.74 Å². The second kappa shape index (κ2) is 7.99. The van der Waals surface area contributed by atoms with E-state index in [1.54, 1.807) is 6.07 Å². The highest BCUT2D eigenvalue weighted by Crippen LogP contribution is 2.16. The van der Waals surface area contributed by atoms with Gasteiger partial charge in [0.05, 0.1) is 11.4 Å². The minimum atomic E-state index is -0.767. The summed E-state index contributed by atoms with van der Waals surface area (Å²) in [6.07, 6.45) is 0. The first-order chi connectivity index (χ1) is 13.3. The molecule has 1 amide bonds. The molecule has 0 bridgehead atoms. The molecule has 1 N–H and O–H groups in total. The molecular formula is C20H17F2N3O3. The number of nitrogens with zero attached hydrogens (tertiary/aromatic N) is 2. The van der Waals surface area contributed by atoms with Crippen LogP contribution in [0.3, 0.4) is 0 Å². The first-order valence-electron chi connectivity index (χ1n) is 8.39. The highest BCUT2D eigenvalue weighted by Gasteiger charge is 2.11. The predicted molar refractivity (Wildman–Crippen MR) is 99.8 cm³/mol. The van der Waals surface area contributed by atoms with Crippen LogP contribution in [0.1, 0.15) is 11.1 Å². The third kappa shape index (κ3) is 4.40. The van der Waals surface area contributed by atoms with Crippen molar-refractivity contribution in [3.8, 4) is 11.6 Å². The van der Waals surface area contributed by atoms with Crippen LogP contribution in [-0.2, 0) is 4.79 Å². The van der Waals surface area contributed by atoms with Crippen LogP contribution in [0.4, 0.5) is 14.5 Å². The van der Waals surface area contributed by atoms with Crippen LogP contribution in [0.2, 0.25) is 0 Å². The van der Waals surface area contributed by atoms with Crippen LogP contribution < -0.4 is 15.6 Å². The molecule has 0 fully saturated rings. The molecule has 28 heavy (non-hydrogen) atoms. The second-order valence-electron chi connectivity index (χ2n) is 6.15. The lowest BCUT2D eigenvalue weighted by atomic mass is 10.1. The van der Waals surface area contributed by atoms with Crippen LogP contribution in [0.15, 0.2) is 53.3 Å². The SMILES string of the molecule is Cc1ccc(-n2nc(OCC(=O)Nc3cc(F)ccc3F)ccc2=O)cc1C. The fourth-order valence-electron chi connectivity index (χ4n) is 2.43. The van der Waals surface area contributed by atoms with Crippen molar-refractivity contribution in [3.63, 3.8) is 0 Å². The molecule has 0 aliphatic heterocycles. The Balaban J connectivity index is 1.73. The molecule has 0 unspecified atom stereocenters. The van der Waals surface area contributed by atoms with Gasteiger partial charge in [-0.25, -0.2) is 8.78 Å². The number of carbonyl (C=O) groups excluding carboxylic acids is 1. The van der Waals surface area contributed by atoms with E-state index in [2.05, 4.69) is 10.4 Å². The van der Waals surface area contributed by atoms with E-state index < -0.39 is 24.1 Å². The van der Waals surface area contributed by atoms with E-state index in [-0.39, 0.29) is 17.1 Å². The maximum atomic E-state index is 13.6. The van der Waals surface area contributed by atoms with Gasteiger partial charge in [-0.15, -0.1) is 5.10 Å². The zero-order valence-electron chi connectivity index (χ0n) is 15.2. The van der Waals surface area contributed by atoms with Gasteiger partial charge in [-0.1, -0.05) is 6.07 Å². The second-order valence-corrected chi connectivity index (χ2v) is 6.15. The van der Waals surface area contributed by atoms with E-state index in [0.29, 0.717) is 5.69 Å². The van der Waals surface area contributed by atoms with Crippen LogP contribution >= 0.6 is 0 Å². The monoisotopic (exact) mass is 385 g/mol. The number of anilines is 1. The number of ether oxygens (including phenoxy) is 1. The molecule has 0 spiro atoms. The van der Waals surface area contributed by atoms with Crippen molar-refractivity contribution in [2.45, 2.75) is 13.8 Å². The number of aromatic nitrogens is 2. The molecule has 0 atom stereocenters. The molecule has 1 aromatic heterocycles. The molecule has 6 nitrogen and oxygen atoms in total. The molecular weight excluding hydrogens is 368 g/mol. The molecule has 3 aromatic rings. The van der Waals surface area contributed by atoms with Crippen LogP contribution in [-0.4, -0.2) is 22.3 Å². The molecule has 8 heteroatoms. The molecule has 0 saturated carbocycles. The highest BCUT2D eigenvalue weighted by molar-refractivity contribution is 5.91. The Labute approximate surface area is 159 Å². The van der Waals surface area contributed by atoms with E-state index in [0.717, 1.165) is 34.0 Å². The van der Waals surface area contributed by atoms with Gasteiger partial charge < -0.3 is 10.1 Å². The van der Waals surface area contributed by atoms with E-state index >= 15 is 0 Å². The van der Waals surface area contributed by atoms with Crippen molar-refractivity contribution >= 4 is 11.6 Å². The number of aryl methyl sites for hydroxylation is 2. The summed E-state index contributed by atoms with van der Waals surface area (Å²) in [6.45, 7) is 3.38. The summed E-state index contributed by atoms with van der Waals surface area (Å²) in [6, 6.07) is 10.7. The number of rotatable bonds is 5. The van der Waals surface area contributed by atoms with Crippen LogP contribution in [0.25, 0.3) is 5.69 Å². The number of carbonyl (C=O) groups is 1. The van der Waals surface area contributed by atoms with Gasteiger partial charge in [0.2, 0.25) is 5.88 Å². The Morgan fingerprint density at radius 1 is 1.07 bits per heavy atom. The summed E-state index contributed by atoms with van der Waals surface area (Å²) in [4.78, 5) is 24.0. The smallest absolute Gasteiger partial charge is 0.271 e. The van der Waals surface area contributed by atoms with Gasteiger partial charge in [-0.3, -0.25) is 9.59 Å². The third-order valence-corrected chi connectivity index (χ3v) is 4.06. The Morgan fingerprint density at radius 2 is 1.86 bits per heavy atom. The van der Waals surface area contributed by atoms with E-state index in [9.17, 15) is 18.4 Å². The van der Waals surface area contributed by atoms with Gasteiger partial charge >= 0.3 is 0 Å². The van der Waals surface area contributed by atoms with Crippen molar-refractivity contribution in [2.24, 2.45) is 0 Å². The van der Waals surface area contributed by atoms with Crippen LogP contribution in [0.5, 0.6) is 5.88 Å². The number of nitrogens with one attached hydrogen (secondary N) is 1. The Hall–Kier alpha value is -3.55. The Morgan fingerprint density at radius 3 is 2.61 bits per heavy atom. The van der Waals surface area contributed by atoms with Crippen molar-refractivity contribution < 1.29 is 18.3 Å². The zero-order valence-corrected chi connectivity index (χ0v) is 15.2. The number of halogens is 2. The molecule has 0 aliphatic carbocycles. The number of hydrogen-bond acceptors (Lipinski definition) is 4. The lowest BCUT2D eigenvalue weighted by molar-refractivity contribution is -0.118. The van der Waals surface area contributed by atoms with Crippen molar-refractivity contribution in [1.82, 2.24) is 9.78 Å². The number of hydrogen-bond donors (Lipinski definition) is 1. The molecule has 0 aliphatic rings.